The van der Waals surface area contributed by atoms with E-state index in [1.54, 1.807) is 37.7 Å². The van der Waals surface area contributed by atoms with Crippen molar-refractivity contribution >= 4 is 15.7 Å². The molecule has 0 saturated carbocycles. The topological polar surface area (TPSA) is 94.6 Å². The van der Waals surface area contributed by atoms with E-state index >= 15 is 0 Å². The molecule has 1 N–H and O–H groups in total. The van der Waals surface area contributed by atoms with Crippen molar-refractivity contribution < 1.29 is 22.7 Å². The number of pyridine rings is 1. The predicted octanol–water partition coefficient (Wildman–Crippen LogP) is 2.89. The van der Waals surface area contributed by atoms with E-state index in [9.17, 15) is 13.2 Å². The number of sulfone groups is 1. The lowest BCUT2D eigenvalue weighted by Crippen LogP contribution is -2.30. The summed E-state index contributed by atoms with van der Waals surface area (Å²) in [5, 5.41) is 2.65. The SMILES string of the molecule is CCCCCS(=O)(=O)CC(=O)NCc1ccc(OCc2ccncc2)c(OC)c1. The first-order valence-corrected chi connectivity index (χ1v) is 11.4. The number of carbonyl (C=O) groups excluding carboxylic acids is 1. The number of methoxy groups -OCH3 is 1. The second-order valence-electron chi connectivity index (χ2n) is 6.71. The monoisotopic (exact) mass is 420 g/mol. The zero-order chi connectivity index (χ0) is 21.1. The van der Waals surface area contributed by atoms with Crippen molar-refractivity contribution in [3.63, 3.8) is 0 Å². The van der Waals surface area contributed by atoms with Crippen molar-refractivity contribution in [3.05, 3.63) is 53.9 Å². The molecular weight excluding hydrogens is 392 g/mol. The van der Waals surface area contributed by atoms with Crippen molar-refractivity contribution in [2.75, 3.05) is 18.6 Å². The van der Waals surface area contributed by atoms with Crippen LogP contribution in [0.25, 0.3) is 0 Å². The Morgan fingerprint density at radius 1 is 1.07 bits per heavy atom. The van der Waals surface area contributed by atoms with Gasteiger partial charge in [-0.3, -0.25) is 9.78 Å². The number of carbonyl (C=O) groups is 1. The Morgan fingerprint density at radius 3 is 2.52 bits per heavy atom. The molecule has 0 bridgehead atoms. The fourth-order valence-corrected chi connectivity index (χ4v) is 3.97. The highest BCUT2D eigenvalue weighted by Crippen LogP contribution is 2.28. The van der Waals surface area contributed by atoms with Gasteiger partial charge in [-0.2, -0.15) is 0 Å². The zero-order valence-electron chi connectivity index (χ0n) is 16.9. The van der Waals surface area contributed by atoms with E-state index in [0.717, 1.165) is 24.0 Å². The van der Waals surface area contributed by atoms with E-state index in [1.165, 1.54) is 0 Å². The number of nitrogens with one attached hydrogen (secondary N) is 1. The van der Waals surface area contributed by atoms with Crippen LogP contribution in [0.1, 0.15) is 37.3 Å². The van der Waals surface area contributed by atoms with E-state index < -0.39 is 21.5 Å². The maximum Gasteiger partial charge on any atom is 0.235 e. The van der Waals surface area contributed by atoms with Crippen LogP contribution >= 0.6 is 0 Å². The van der Waals surface area contributed by atoms with Crippen molar-refractivity contribution in [1.82, 2.24) is 10.3 Å². The molecule has 2 rings (SSSR count). The Hall–Kier alpha value is -2.61. The molecule has 29 heavy (non-hydrogen) atoms. The molecule has 158 valence electrons. The van der Waals surface area contributed by atoms with Gasteiger partial charge in [0.1, 0.15) is 12.4 Å². The fraction of sp³-hybridized carbons (Fsp3) is 0.429. The van der Waals surface area contributed by atoms with Gasteiger partial charge in [0.25, 0.3) is 0 Å². The summed E-state index contributed by atoms with van der Waals surface area (Å²) in [6.45, 7) is 2.60. The second-order valence-corrected chi connectivity index (χ2v) is 8.89. The van der Waals surface area contributed by atoms with Crippen LogP contribution < -0.4 is 14.8 Å². The number of ether oxygens (including phenoxy) is 2. The van der Waals surface area contributed by atoms with E-state index in [-0.39, 0.29) is 12.3 Å². The van der Waals surface area contributed by atoms with E-state index in [2.05, 4.69) is 10.3 Å². The average Bonchev–Trinajstić information content (AvgIpc) is 2.71. The smallest absolute Gasteiger partial charge is 0.235 e. The Morgan fingerprint density at radius 2 is 1.83 bits per heavy atom. The lowest BCUT2D eigenvalue weighted by molar-refractivity contribution is -0.118. The number of nitrogens with zero attached hydrogens (tertiary/aromatic N) is 1. The molecule has 1 aromatic heterocycles. The Labute approximate surface area is 172 Å². The molecule has 0 atom stereocenters. The van der Waals surface area contributed by atoms with E-state index in [0.29, 0.717) is 24.5 Å². The predicted molar refractivity (Wildman–Crippen MR) is 112 cm³/mol. The molecule has 0 saturated heterocycles. The molecule has 0 aliphatic carbocycles. The van der Waals surface area contributed by atoms with Gasteiger partial charge in [-0.1, -0.05) is 25.8 Å². The second kappa shape index (κ2) is 11.4. The molecule has 1 amide bonds. The van der Waals surface area contributed by atoms with Gasteiger partial charge < -0.3 is 14.8 Å². The van der Waals surface area contributed by atoms with Gasteiger partial charge in [-0.25, -0.2) is 8.42 Å². The Kier molecular flexibility index (Phi) is 8.92. The van der Waals surface area contributed by atoms with Gasteiger partial charge in [0.15, 0.2) is 21.3 Å². The maximum atomic E-state index is 12.0. The number of hydrogen-bond donors (Lipinski definition) is 1. The van der Waals surface area contributed by atoms with Crippen molar-refractivity contribution in [2.24, 2.45) is 0 Å². The third-order valence-corrected chi connectivity index (χ3v) is 5.88. The minimum Gasteiger partial charge on any atom is -0.493 e. The molecule has 0 fully saturated rings. The van der Waals surface area contributed by atoms with Crippen LogP contribution in [0.3, 0.4) is 0 Å². The molecule has 7 nitrogen and oxygen atoms in total. The molecule has 0 radical (unpaired) electrons. The quantitative estimate of drug-likeness (QED) is 0.531. The summed E-state index contributed by atoms with van der Waals surface area (Å²) in [6.07, 6.45) is 5.77. The normalized spacial score (nSPS) is 11.1. The lowest BCUT2D eigenvalue weighted by Gasteiger charge is -2.13. The summed E-state index contributed by atoms with van der Waals surface area (Å²) in [7, 11) is -1.83. The van der Waals surface area contributed by atoms with Crippen LogP contribution in [0.2, 0.25) is 0 Å². The molecule has 0 aliphatic rings. The molecular formula is C21H28N2O5S. The molecule has 1 heterocycles. The molecule has 0 spiro atoms. The lowest BCUT2D eigenvalue weighted by atomic mass is 10.2. The first-order valence-electron chi connectivity index (χ1n) is 9.59. The summed E-state index contributed by atoms with van der Waals surface area (Å²) < 4.78 is 35.1. The standard InChI is InChI=1S/C21H28N2O5S/c1-3-4-5-12-29(25,26)16-21(24)23-14-18-6-7-19(20(13-18)27-2)28-15-17-8-10-22-11-9-17/h6-11,13H,3-5,12,14-16H2,1-2H3,(H,23,24). The molecule has 0 aliphatic heterocycles. The van der Waals surface area contributed by atoms with E-state index in [4.69, 9.17) is 9.47 Å². The van der Waals surface area contributed by atoms with Crippen LogP contribution in [0, 0.1) is 0 Å². The summed E-state index contributed by atoms with van der Waals surface area (Å²) >= 11 is 0. The minimum absolute atomic E-state index is 0.0472. The number of amides is 1. The number of aromatic nitrogens is 1. The Bertz CT molecular complexity index is 885. The van der Waals surface area contributed by atoms with Crippen LogP contribution in [0.5, 0.6) is 11.5 Å². The molecule has 8 heteroatoms. The molecule has 0 unspecified atom stereocenters. The third-order valence-electron chi connectivity index (χ3n) is 4.27. The summed E-state index contributed by atoms with van der Waals surface area (Å²) in [5.74, 6) is 0.182. The Balaban J connectivity index is 1.88. The van der Waals surface area contributed by atoms with Crippen molar-refractivity contribution in [3.8, 4) is 11.5 Å². The van der Waals surface area contributed by atoms with Gasteiger partial charge in [-0.05, 0) is 41.8 Å². The summed E-state index contributed by atoms with van der Waals surface area (Å²) in [5.41, 5.74) is 1.77. The highest BCUT2D eigenvalue weighted by Gasteiger charge is 2.16. The largest absolute Gasteiger partial charge is 0.493 e. The van der Waals surface area contributed by atoms with Crippen LogP contribution in [-0.4, -0.2) is 37.9 Å². The van der Waals surface area contributed by atoms with Gasteiger partial charge in [0.05, 0.1) is 12.9 Å². The summed E-state index contributed by atoms with van der Waals surface area (Å²) in [4.78, 5) is 16.0. The van der Waals surface area contributed by atoms with Gasteiger partial charge in [0, 0.05) is 18.9 Å². The highest BCUT2D eigenvalue weighted by atomic mass is 32.2. The van der Waals surface area contributed by atoms with Crippen LogP contribution in [-0.2, 0) is 27.8 Å². The molecule has 2 aromatic rings. The fourth-order valence-electron chi connectivity index (χ4n) is 2.68. The average molecular weight is 421 g/mol. The minimum atomic E-state index is -3.37. The van der Waals surface area contributed by atoms with E-state index in [1.807, 2.05) is 19.1 Å². The van der Waals surface area contributed by atoms with Crippen LogP contribution in [0.4, 0.5) is 0 Å². The highest BCUT2D eigenvalue weighted by molar-refractivity contribution is 7.92. The molecule has 1 aromatic carbocycles. The maximum absolute atomic E-state index is 12.0. The number of hydrogen-bond acceptors (Lipinski definition) is 6. The summed E-state index contributed by atoms with van der Waals surface area (Å²) in [6, 6.07) is 9.07. The van der Waals surface area contributed by atoms with Gasteiger partial charge in [0.2, 0.25) is 5.91 Å². The number of rotatable bonds is 12. The first kappa shape index (κ1) is 22.7. The van der Waals surface area contributed by atoms with Crippen molar-refractivity contribution in [2.45, 2.75) is 39.3 Å². The zero-order valence-corrected chi connectivity index (χ0v) is 17.7. The third kappa shape index (κ3) is 8.11. The number of benzene rings is 1. The first-order chi connectivity index (χ1) is 13.9. The van der Waals surface area contributed by atoms with Gasteiger partial charge >= 0.3 is 0 Å². The number of unbranched alkanes of at least 4 members (excludes halogenated alkanes) is 2. The van der Waals surface area contributed by atoms with Gasteiger partial charge in [-0.15, -0.1) is 0 Å². The van der Waals surface area contributed by atoms with Crippen LogP contribution in [0.15, 0.2) is 42.7 Å². The van der Waals surface area contributed by atoms with Crippen molar-refractivity contribution in [1.29, 1.82) is 0 Å².